The van der Waals surface area contributed by atoms with Crippen LogP contribution in [-0.4, -0.2) is 17.4 Å². The number of ether oxygens (including phenoxy) is 1. The summed E-state index contributed by atoms with van der Waals surface area (Å²) >= 11 is 0. The Balaban J connectivity index is 2.05. The zero-order chi connectivity index (χ0) is 15.9. The van der Waals surface area contributed by atoms with Crippen molar-refractivity contribution in [3.05, 3.63) is 64.2 Å². The summed E-state index contributed by atoms with van der Waals surface area (Å²) in [5.41, 5.74) is 0.719. The van der Waals surface area contributed by atoms with Crippen LogP contribution in [0, 0.1) is 10.1 Å². The number of hydrogen-bond donors (Lipinski definition) is 1. The van der Waals surface area contributed by atoms with Gasteiger partial charge in [0.2, 0.25) is 0 Å². The number of nitrogens with one attached hydrogen (secondary N) is 1. The topological polar surface area (TPSA) is 81.5 Å². The van der Waals surface area contributed by atoms with Gasteiger partial charge in [-0.1, -0.05) is 13.0 Å². The van der Waals surface area contributed by atoms with Gasteiger partial charge in [0.15, 0.2) is 0 Å². The van der Waals surface area contributed by atoms with Gasteiger partial charge < -0.3 is 10.1 Å². The lowest BCUT2D eigenvalue weighted by Crippen LogP contribution is -2.12. The van der Waals surface area contributed by atoms with Crippen LogP contribution in [0.5, 0.6) is 5.75 Å². The number of carbonyl (C=O) groups excluding carboxylic acids is 1. The average Bonchev–Trinajstić information content (AvgIpc) is 2.54. The van der Waals surface area contributed by atoms with E-state index < -0.39 is 10.8 Å². The van der Waals surface area contributed by atoms with Crippen LogP contribution < -0.4 is 10.1 Å². The molecule has 114 valence electrons. The van der Waals surface area contributed by atoms with Crippen molar-refractivity contribution < 1.29 is 14.5 Å². The summed E-state index contributed by atoms with van der Waals surface area (Å²) in [6.45, 7) is 2.66. The van der Waals surface area contributed by atoms with E-state index in [4.69, 9.17) is 4.74 Å². The van der Waals surface area contributed by atoms with E-state index in [0.29, 0.717) is 12.3 Å². The predicted molar refractivity (Wildman–Crippen MR) is 83.3 cm³/mol. The highest BCUT2D eigenvalue weighted by Gasteiger charge is 2.11. The first-order chi connectivity index (χ1) is 10.6. The summed E-state index contributed by atoms with van der Waals surface area (Å²) in [6.07, 6.45) is 0.922. The molecule has 0 aliphatic rings. The number of benzene rings is 2. The monoisotopic (exact) mass is 300 g/mol. The maximum atomic E-state index is 12.1. The quantitative estimate of drug-likeness (QED) is 0.652. The molecule has 0 unspecified atom stereocenters. The first kappa shape index (κ1) is 15.5. The number of anilines is 1. The van der Waals surface area contributed by atoms with Gasteiger partial charge in [0, 0.05) is 23.4 Å². The molecular formula is C16H16N2O4. The van der Waals surface area contributed by atoms with Gasteiger partial charge in [0.05, 0.1) is 11.5 Å². The van der Waals surface area contributed by atoms with E-state index in [-0.39, 0.29) is 11.3 Å². The fourth-order valence-corrected chi connectivity index (χ4v) is 1.82. The van der Waals surface area contributed by atoms with E-state index in [9.17, 15) is 14.9 Å². The van der Waals surface area contributed by atoms with Crippen LogP contribution >= 0.6 is 0 Å². The molecule has 2 aromatic carbocycles. The Kier molecular flexibility index (Phi) is 5.08. The fraction of sp³-hybridized carbons (Fsp3) is 0.188. The standard InChI is InChI=1S/C16H16N2O4/c1-2-10-22-15-8-6-13(7-9-15)17-16(19)12-4-3-5-14(11-12)18(20)21/h3-9,11H,2,10H2,1H3,(H,17,19). The van der Waals surface area contributed by atoms with Crippen molar-refractivity contribution >= 4 is 17.3 Å². The second-order valence-corrected chi connectivity index (χ2v) is 4.63. The molecule has 0 aliphatic carbocycles. The molecule has 0 bridgehead atoms. The molecule has 0 spiro atoms. The van der Waals surface area contributed by atoms with Crippen molar-refractivity contribution in [3.8, 4) is 5.75 Å². The van der Waals surface area contributed by atoms with Gasteiger partial charge in [-0.2, -0.15) is 0 Å². The Morgan fingerprint density at radius 1 is 1.23 bits per heavy atom. The number of hydrogen-bond acceptors (Lipinski definition) is 4. The molecule has 2 aromatic rings. The molecule has 1 amide bonds. The Morgan fingerprint density at radius 3 is 2.59 bits per heavy atom. The smallest absolute Gasteiger partial charge is 0.270 e. The number of nitrogens with zero attached hydrogens (tertiary/aromatic N) is 1. The first-order valence-corrected chi connectivity index (χ1v) is 6.89. The second kappa shape index (κ2) is 7.21. The summed E-state index contributed by atoms with van der Waals surface area (Å²) in [6, 6.07) is 12.6. The minimum absolute atomic E-state index is 0.115. The number of nitro groups is 1. The summed E-state index contributed by atoms with van der Waals surface area (Å²) in [5, 5.41) is 13.4. The molecule has 0 heterocycles. The van der Waals surface area contributed by atoms with Crippen molar-refractivity contribution in [2.45, 2.75) is 13.3 Å². The lowest BCUT2D eigenvalue weighted by Gasteiger charge is -2.07. The molecule has 0 saturated heterocycles. The largest absolute Gasteiger partial charge is 0.494 e. The first-order valence-electron chi connectivity index (χ1n) is 6.89. The lowest BCUT2D eigenvalue weighted by molar-refractivity contribution is -0.384. The third kappa shape index (κ3) is 4.05. The van der Waals surface area contributed by atoms with Crippen LogP contribution in [0.2, 0.25) is 0 Å². The molecule has 0 aromatic heterocycles. The number of carbonyl (C=O) groups is 1. The minimum atomic E-state index is -0.531. The maximum Gasteiger partial charge on any atom is 0.270 e. The van der Waals surface area contributed by atoms with Gasteiger partial charge in [-0.15, -0.1) is 0 Å². The second-order valence-electron chi connectivity index (χ2n) is 4.63. The number of non-ortho nitro benzene ring substituents is 1. The normalized spacial score (nSPS) is 10.0. The zero-order valence-electron chi connectivity index (χ0n) is 12.1. The Hall–Kier alpha value is -2.89. The Bertz CT molecular complexity index is 668. The molecule has 2 rings (SSSR count). The van der Waals surface area contributed by atoms with Crippen molar-refractivity contribution in [1.29, 1.82) is 0 Å². The highest BCUT2D eigenvalue weighted by Crippen LogP contribution is 2.18. The van der Waals surface area contributed by atoms with E-state index in [1.54, 1.807) is 24.3 Å². The maximum absolute atomic E-state index is 12.1. The predicted octanol–water partition coefficient (Wildman–Crippen LogP) is 3.64. The van der Waals surface area contributed by atoms with Crippen molar-refractivity contribution in [1.82, 2.24) is 0 Å². The van der Waals surface area contributed by atoms with Crippen molar-refractivity contribution in [3.63, 3.8) is 0 Å². The van der Waals surface area contributed by atoms with Crippen LogP contribution in [-0.2, 0) is 0 Å². The molecule has 0 aliphatic heterocycles. The molecule has 0 saturated carbocycles. The van der Waals surface area contributed by atoms with Gasteiger partial charge in [0.1, 0.15) is 5.75 Å². The van der Waals surface area contributed by atoms with Crippen molar-refractivity contribution in [2.24, 2.45) is 0 Å². The number of nitro benzene ring substituents is 1. The van der Waals surface area contributed by atoms with Crippen LogP contribution in [0.15, 0.2) is 48.5 Å². The van der Waals surface area contributed by atoms with Crippen LogP contribution in [0.25, 0.3) is 0 Å². The molecule has 0 fully saturated rings. The zero-order valence-corrected chi connectivity index (χ0v) is 12.1. The van der Waals surface area contributed by atoms with Gasteiger partial charge >= 0.3 is 0 Å². The third-order valence-corrected chi connectivity index (χ3v) is 2.90. The van der Waals surface area contributed by atoms with Gasteiger partial charge in [0.25, 0.3) is 11.6 Å². The summed E-state index contributed by atoms with van der Waals surface area (Å²) in [5.74, 6) is 0.334. The molecule has 22 heavy (non-hydrogen) atoms. The van der Waals surface area contributed by atoms with Crippen LogP contribution in [0.3, 0.4) is 0 Å². The minimum Gasteiger partial charge on any atom is -0.494 e. The highest BCUT2D eigenvalue weighted by atomic mass is 16.6. The van der Waals surface area contributed by atoms with Crippen LogP contribution in [0.1, 0.15) is 23.7 Å². The summed E-state index contributed by atoms with van der Waals surface area (Å²) in [7, 11) is 0. The van der Waals surface area contributed by atoms with Gasteiger partial charge in [-0.25, -0.2) is 0 Å². The number of rotatable bonds is 6. The van der Waals surface area contributed by atoms with Crippen molar-refractivity contribution in [2.75, 3.05) is 11.9 Å². The third-order valence-electron chi connectivity index (χ3n) is 2.90. The van der Waals surface area contributed by atoms with Gasteiger partial charge in [-0.3, -0.25) is 14.9 Å². The molecule has 0 atom stereocenters. The molecule has 1 N–H and O–H groups in total. The molecule has 6 heteroatoms. The number of amides is 1. The van der Waals surface area contributed by atoms with E-state index in [1.807, 2.05) is 6.92 Å². The fourth-order valence-electron chi connectivity index (χ4n) is 1.82. The molecular weight excluding hydrogens is 284 g/mol. The summed E-state index contributed by atoms with van der Waals surface area (Å²) < 4.78 is 5.45. The van der Waals surface area contributed by atoms with E-state index in [1.165, 1.54) is 24.3 Å². The Labute approximate surface area is 127 Å². The van der Waals surface area contributed by atoms with E-state index in [2.05, 4.69) is 5.32 Å². The van der Waals surface area contributed by atoms with E-state index >= 15 is 0 Å². The SMILES string of the molecule is CCCOc1ccc(NC(=O)c2cccc([N+](=O)[O-])c2)cc1. The van der Waals surface area contributed by atoms with Gasteiger partial charge in [-0.05, 0) is 36.8 Å². The van der Waals surface area contributed by atoms with Crippen LogP contribution in [0.4, 0.5) is 11.4 Å². The molecule has 6 nitrogen and oxygen atoms in total. The lowest BCUT2D eigenvalue weighted by atomic mass is 10.2. The Morgan fingerprint density at radius 2 is 1.95 bits per heavy atom. The average molecular weight is 300 g/mol. The highest BCUT2D eigenvalue weighted by molar-refractivity contribution is 6.04. The molecule has 0 radical (unpaired) electrons. The van der Waals surface area contributed by atoms with E-state index in [0.717, 1.165) is 12.2 Å². The summed E-state index contributed by atoms with van der Waals surface area (Å²) in [4.78, 5) is 22.3.